The summed E-state index contributed by atoms with van der Waals surface area (Å²) < 4.78 is 22.6. The van der Waals surface area contributed by atoms with Gasteiger partial charge in [-0.05, 0) is 30.9 Å². The molecular formula is C12H15NO3S. The van der Waals surface area contributed by atoms with Gasteiger partial charge in [0.15, 0.2) is 15.6 Å². The first-order valence-electron chi connectivity index (χ1n) is 5.62. The molecule has 1 fully saturated rings. The van der Waals surface area contributed by atoms with Gasteiger partial charge in [-0.1, -0.05) is 0 Å². The Kier molecular flexibility index (Phi) is 3.28. The maximum absolute atomic E-state index is 12.0. The van der Waals surface area contributed by atoms with Crippen molar-refractivity contribution in [3.63, 3.8) is 0 Å². The minimum atomic E-state index is -2.90. The highest BCUT2D eigenvalue weighted by atomic mass is 32.2. The van der Waals surface area contributed by atoms with Crippen LogP contribution in [0.25, 0.3) is 0 Å². The van der Waals surface area contributed by atoms with Gasteiger partial charge in [0.25, 0.3) is 0 Å². The molecular weight excluding hydrogens is 238 g/mol. The summed E-state index contributed by atoms with van der Waals surface area (Å²) >= 11 is 0. The maximum Gasteiger partial charge on any atom is 0.164 e. The summed E-state index contributed by atoms with van der Waals surface area (Å²) in [6, 6.07) is 1.79. The van der Waals surface area contributed by atoms with Crippen LogP contribution < -0.4 is 0 Å². The van der Waals surface area contributed by atoms with Gasteiger partial charge in [0.1, 0.15) is 0 Å². The molecule has 1 unspecified atom stereocenters. The molecule has 1 saturated heterocycles. The molecule has 4 nitrogen and oxygen atoms in total. The van der Waals surface area contributed by atoms with Gasteiger partial charge in [0, 0.05) is 24.4 Å². The average molecular weight is 253 g/mol. The smallest absolute Gasteiger partial charge is 0.164 e. The monoisotopic (exact) mass is 253 g/mol. The van der Waals surface area contributed by atoms with Crippen LogP contribution in [0.1, 0.15) is 28.8 Å². The van der Waals surface area contributed by atoms with E-state index in [1.807, 2.05) is 6.92 Å². The van der Waals surface area contributed by atoms with E-state index in [0.717, 1.165) is 5.56 Å². The van der Waals surface area contributed by atoms with E-state index in [2.05, 4.69) is 4.98 Å². The van der Waals surface area contributed by atoms with E-state index in [0.29, 0.717) is 18.4 Å². The molecule has 17 heavy (non-hydrogen) atoms. The standard InChI is InChI=1S/C12H15NO3S/c1-9-2-4-13-7-11(9)12(14)6-10-3-5-17(15,16)8-10/h2,4,7,10H,3,5-6,8H2,1H3. The predicted molar refractivity (Wildman–Crippen MR) is 64.7 cm³/mol. The lowest BCUT2D eigenvalue weighted by atomic mass is 9.97. The third-order valence-corrected chi connectivity index (χ3v) is 4.98. The number of rotatable bonds is 3. The highest BCUT2D eigenvalue weighted by molar-refractivity contribution is 7.91. The molecule has 2 heterocycles. The van der Waals surface area contributed by atoms with Gasteiger partial charge in [0.05, 0.1) is 11.5 Å². The molecule has 0 N–H and O–H groups in total. The molecule has 0 amide bonds. The van der Waals surface area contributed by atoms with Crippen molar-refractivity contribution in [2.75, 3.05) is 11.5 Å². The lowest BCUT2D eigenvalue weighted by molar-refractivity contribution is 0.0965. The van der Waals surface area contributed by atoms with E-state index < -0.39 is 9.84 Å². The van der Waals surface area contributed by atoms with Crippen molar-refractivity contribution in [1.29, 1.82) is 0 Å². The second kappa shape index (κ2) is 4.56. The van der Waals surface area contributed by atoms with Gasteiger partial charge in [-0.2, -0.15) is 0 Å². The first-order valence-corrected chi connectivity index (χ1v) is 7.44. The van der Waals surface area contributed by atoms with E-state index in [4.69, 9.17) is 0 Å². The predicted octanol–water partition coefficient (Wildman–Crippen LogP) is 1.40. The second-order valence-electron chi connectivity index (χ2n) is 4.59. The molecule has 1 aliphatic heterocycles. The van der Waals surface area contributed by atoms with E-state index in [-0.39, 0.29) is 23.2 Å². The first-order chi connectivity index (χ1) is 7.98. The zero-order valence-corrected chi connectivity index (χ0v) is 10.5. The van der Waals surface area contributed by atoms with Crippen molar-refractivity contribution in [2.24, 2.45) is 5.92 Å². The van der Waals surface area contributed by atoms with Crippen LogP contribution in [0.3, 0.4) is 0 Å². The van der Waals surface area contributed by atoms with E-state index in [1.165, 1.54) is 0 Å². The number of aryl methyl sites for hydroxylation is 1. The summed E-state index contributed by atoms with van der Waals surface area (Å²) in [4.78, 5) is 15.9. The Morgan fingerprint density at radius 1 is 1.53 bits per heavy atom. The second-order valence-corrected chi connectivity index (χ2v) is 6.82. The summed E-state index contributed by atoms with van der Waals surface area (Å²) in [7, 11) is -2.90. The fraction of sp³-hybridized carbons (Fsp3) is 0.500. The van der Waals surface area contributed by atoms with E-state index in [9.17, 15) is 13.2 Å². The van der Waals surface area contributed by atoms with E-state index >= 15 is 0 Å². The lowest BCUT2D eigenvalue weighted by Crippen LogP contribution is -2.11. The fourth-order valence-electron chi connectivity index (χ4n) is 2.16. The molecule has 0 radical (unpaired) electrons. The van der Waals surface area contributed by atoms with Crippen LogP contribution in [0.2, 0.25) is 0 Å². The Bertz CT molecular complexity index is 536. The van der Waals surface area contributed by atoms with Crippen LogP contribution in [0.5, 0.6) is 0 Å². The molecule has 5 heteroatoms. The summed E-state index contributed by atoms with van der Waals surface area (Å²) in [5.41, 5.74) is 1.50. The number of aromatic nitrogens is 1. The highest BCUT2D eigenvalue weighted by Gasteiger charge is 2.29. The molecule has 0 spiro atoms. The Morgan fingerprint density at radius 2 is 2.29 bits per heavy atom. The van der Waals surface area contributed by atoms with Crippen molar-refractivity contribution in [1.82, 2.24) is 4.98 Å². The normalized spacial score (nSPS) is 22.5. The number of carbonyl (C=O) groups is 1. The van der Waals surface area contributed by atoms with Crippen LogP contribution >= 0.6 is 0 Å². The van der Waals surface area contributed by atoms with Crippen molar-refractivity contribution in [3.8, 4) is 0 Å². The Morgan fingerprint density at radius 3 is 2.88 bits per heavy atom. The molecule has 0 saturated carbocycles. The number of hydrogen-bond donors (Lipinski definition) is 0. The number of pyridine rings is 1. The van der Waals surface area contributed by atoms with Gasteiger partial charge >= 0.3 is 0 Å². The molecule has 92 valence electrons. The van der Waals surface area contributed by atoms with Crippen LogP contribution in [0, 0.1) is 12.8 Å². The number of sulfone groups is 1. The van der Waals surface area contributed by atoms with Crippen LogP contribution in [-0.4, -0.2) is 30.7 Å². The Hall–Kier alpha value is -1.23. The zero-order chi connectivity index (χ0) is 12.5. The summed E-state index contributed by atoms with van der Waals surface area (Å²) in [6.45, 7) is 1.86. The van der Waals surface area contributed by atoms with Gasteiger partial charge in [-0.3, -0.25) is 9.78 Å². The van der Waals surface area contributed by atoms with Gasteiger partial charge < -0.3 is 0 Å². The van der Waals surface area contributed by atoms with Crippen LogP contribution in [-0.2, 0) is 9.84 Å². The third-order valence-electron chi connectivity index (χ3n) is 3.14. The van der Waals surface area contributed by atoms with Gasteiger partial charge in [0.2, 0.25) is 0 Å². The minimum absolute atomic E-state index is 0.00213. The van der Waals surface area contributed by atoms with Crippen molar-refractivity contribution in [3.05, 3.63) is 29.6 Å². The first kappa shape index (κ1) is 12.2. The molecule has 1 atom stereocenters. The van der Waals surface area contributed by atoms with Crippen molar-refractivity contribution >= 4 is 15.6 Å². The average Bonchev–Trinajstić information content (AvgIpc) is 2.58. The summed E-state index contributed by atoms with van der Waals surface area (Å²) in [5.74, 6) is 0.347. The topological polar surface area (TPSA) is 64.1 Å². The third kappa shape index (κ3) is 2.91. The quantitative estimate of drug-likeness (QED) is 0.764. The van der Waals surface area contributed by atoms with Gasteiger partial charge in [-0.25, -0.2) is 8.42 Å². The largest absolute Gasteiger partial charge is 0.294 e. The summed E-state index contributed by atoms with van der Waals surface area (Å²) in [6.07, 6.45) is 4.12. The molecule has 2 rings (SSSR count). The van der Waals surface area contributed by atoms with E-state index in [1.54, 1.807) is 18.5 Å². The number of nitrogens with zero attached hydrogens (tertiary/aromatic N) is 1. The molecule has 0 bridgehead atoms. The van der Waals surface area contributed by atoms with Crippen molar-refractivity contribution in [2.45, 2.75) is 19.8 Å². The van der Waals surface area contributed by atoms with Gasteiger partial charge in [-0.15, -0.1) is 0 Å². The van der Waals surface area contributed by atoms with Crippen LogP contribution in [0.4, 0.5) is 0 Å². The Balaban J connectivity index is 2.06. The SMILES string of the molecule is Cc1ccncc1C(=O)CC1CCS(=O)(=O)C1. The molecule has 0 aliphatic carbocycles. The molecule has 1 aromatic rings. The fourth-order valence-corrected chi connectivity index (χ4v) is 4.02. The molecule has 1 aromatic heterocycles. The van der Waals surface area contributed by atoms with Crippen LogP contribution in [0.15, 0.2) is 18.5 Å². The molecule has 0 aromatic carbocycles. The van der Waals surface area contributed by atoms with Crippen molar-refractivity contribution < 1.29 is 13.2 Å². The lowest BCUT2D eigenvalue weighted by Gasteiger charge is -2.07. The zero-order valence-electron chi connectivity index (χ0n) is 9.72. The number of ketones is 1. The molecule has 1 aliphatic rings. The number of hydrogen-bond acceptors (Lipinski definition) is 4. The number of Topliss-reactive ketones (excluding diaryl/α,β-unsaturated/α-hetero) is 1. The maximum atomic E-state index is 12.0. The summed E-state index contributed by atoms with van der Waals surface area (Å²) in [5, 5.41) is 0. The number of carbonyl (C=O) groups excluding carboxylic acids is 1. The highest BCUT2D eigenvalue weighted by Crippen LogP contribution is 2.23. The Labute approximate surface area is 101 Å². The minimum Gasteiger partial charge on any atom is -0.294 e.